The number of rotatable bonds is 0. The number of carbonyl (C=O) groups excluding carboxylic acids is 1. The molecule has 0 bridgehead atoms. The molecule has 0 saturated carbocycles. The highest BCUT2D eigenvalue weighted by Crippen LogP contribution is 2.59. The number of hydrogen-bond donors (Lipinski definition) is 2. The molecule has 7 rings (SSSR count). The van der Waals surface area contributed by atoms with Gasteiger partial charge in [0, 0.05) is 38.8 Å². The Balaban J connectivity index is 1.71. The summed E-state index contributed by atoms with van der Waals surface area (Å²) in [6.07, 6.45) is 0. The van der Waals surface area contributed by atoms with E-state index in [1.54, 1.807) is 6.07 Å². The molecule has 0 aliphatic carbocycles. The molecule has 5 aromatic carbocycles. The maximum Gasteiger partial charge on any atom is 0.340 e. The minimum Gasteiger partial charge on any atom is -0.455 e. The Morgan fingerprint density at radius 2 is 1.18 bits per heavy atom. The lowest BCUT2D eigenvalue weighted by molar-refractivity contribution is 0.0226. The molecule has 0 aromatic heterocycles. The van der Waals surface area contributed by atoms with Gasteiger partial charge < -0.3 is 20.9 Å². The highest BCUT2D eigenvalue weighted by atomic mass is 16.6. The molecule has 4 N–H and O–H groups in total. The van der Waals surface area contributed by atoms with E-state index >= 15 is 0 Å². The molecule has 0 saturated heterocycles. The van der Waals surface area contributed by atoms with Crippen molar-refractivity contribution in [3.63, 3.8) is 0 Å². The molecule has 1 spiro atoms. The van der Waals surface area contributed by atoms with Crippen molar-refractivity contribution in [2.75, 3.05) is 11.5 Å². The first-order valence-corrected chi connectivity index (χ1v) is 10.7. The van der Waals surface area contributed by atoms with Gasteiger partial charge in [-0.3, -0.25) is 0 Å². The van der Waals surface area contributed by atoms with Crippen LogP contribution in [0, 0.1) is 0 Å². The van der Waals surface area contributed by atoms with Crippen LogP contribution in [0.2, 0.25) is 0 Å². The Kier molecular flexibility index (Phi) is 3.32. The number of carbonyl (C=O) groups is 1. The number of anilines is 2. The van der Waals surface area contributed by atoms with Gasteiger partial charge in [0.05, 0.1) is 5.56 Å². The first kappa shape index (κ1) is 18.1. The molecular formula is C28H18N2O3. The molecule has 5 heteroatoms. The molecule has 5 aromatic rings. The largest absolute Gasteiger partial charge is 0.455 e. The molecular weight excluding hydrogens is 412 g/mol. The monoisotopic (exact) mass is 430 g/mol. The third kappa shape index (κ3) is 2.13. The van der Waals surface area contributed by atoms with E-state index in [0.717, 1.165) is 38.2 Å². The number of nitrogens with two attached hydrogens (primary N) is 2. The molecule has 0 fully saturated rings. The highest BCUT2D eigenvalue weighted by molar-refractivity contribution is 6.05. The molecule has 2 heterocycles. The number of nitrogen functional groups attached to an aromatic ring is 2. The summed E-state index contributed by atoms with van der Waals surface area (Å²) in [4.78, 5) is 13.1. The van der Waals surface area contributed by atoms with Gasteiger partial charge in [0.25, 0.3) is 0 Å². The van der Waals surface area contributed by atoms with Crippen LogP contribution in [0.5, 0.6) is 11.5 Å². The molecule has 33 heavy (non-hydrogen) atoms. The fraction of sp³-hybridized carbons (Fsp3) is 0.0357. The average Bonchev–Trinajstić information content (AvgIpc) is 3.12. The van der Waals surface area contributed by atoms with E-state index in [1.165, 1.54) is 0 Å². The predicted octanol–water partition coefficient (Wildman–Crippen LogP) is 5.73. The quantitative estimate of drug-likeness (QED) is 0.242. The van der Waals surface area contributed by atoms with Crippen LogP contribution in [0.3, 0.4) is 0 Å². The number of ether oxygens (including phenoxy) is 2. The van der Waals surface area contributed by atoms with Crippen molar-refractivity contribution in [3.05, 3.63) is 107 Å². The van der Waals surface area contributed by atoms with E-state index in [1.807, 2.05) is 78.9 Å². The predicted molar refractivity (Wildman–Crippen MR) is 129 cm³/mol. The van der Waals surface area contributed by atoms with Gasteiger partial charge in [-0.2, -0.15) is 0 Å². The van der Waals surface area contributed by atoms with Crippen molar-refractivity contribution in [2.45, 2.75) is 5.60 Å². The van der Waals surface area contributed by atoms with Crippen LogP contribution in [0.15, 0.2) is 84.9 Å². The van der Waals surface area contributed by atoms with Crippen molar-refractivity contribution in [1.82, 2.24) is 0 Å². The SMILES string of the molecule is Nc1cccc2ccc3c(c12)Oc1c(ccc2cccc(N)c12)C31OC(=O)c2ccccc21. The standard InChI is InChI=1S/C28H18N2O3/c29-21-9-3-5-15-11-13-19-25(23(15)21)32-26-20(14-12-16-6-4-10-22(30)24(16)26)28(19)18-8-2-1-7-17(18)27(31)33-28/h1-14H,29-30H2. The lowest BCUT2D eigenvalue weighted by Gasteiger charge is -2.37. The second-order valence-corrected chi connectivity index (χ2v) is 8.49. The fourth-order valence-electron chi connectivity index (χ4n) is 5.38. The third-order valence-electron chi connectivity index (χ3n) is 6.80. The van der Waals surface area contributed by atoms with Gasteiger partial charge in [0.15, 0.2) is 5.60 Å². The lowest BCUT2D eigenvalue weighted by Crippen LogP contribution is -2.33. The second-order valence-electron chi connectivity index (χ2n) is 8.49. The minimum atomic E-state index is -1.16. The molecule has 0 amide bonds. The van der Waals surface area contributed by atoms with Gasteiger partial charge in [0.2, 0.25) is 0 Å². The van der Waals surface area contributed by atoms with Gasteiger partial charge in [-0.1, -0.05) is 54.6 Å². The van der Waals surface area contributed by atoms with E-state index in [-0.39, 0.29) is 5.97 Å². The Morgan fingerprint density at radius 3 is 1.79 bits per heavy atom. The zero-order valence-electron chi connectivity index (χ0n) is 17.5. The molecule has 0 atom stereocenters. The van der Waals surface area contributed by atoms with E-state index in [2.05, 4.69) is 0 Å². The summed E-state index contributed by atoms with van der Waals surface area (Å²) >= 11 is 0. The van der Waals surface area contributed by atoms with Crippen LogP contribution in [0.25, 0.3) is 21.5 Å². The molecule has 5 nitrogen and oxygen atoms in total. The first-order valence-electron chi connectivity index (χ1n) is 10.7. The normalized spacial score (nSPS) is 15.1. The Bertz CT molecular complexity index is 1580. The first-order chi connectivity index (χ1) is 16.1. The zero-order valence-corrected chi connectivity index (χ0v) is 17.5. The van der Waals surface area contributed by atoms with Crippen LogP contribution >= 0.6 is 0 Å². The summed E-state index contributed by atoms with van der Waals surface area (Å²) in [5, 5.41) is 3.45. The maximum absolute atomic E-state index is 13.1. The third-order valence-corrected chi connectivity index (χ3v) is 6.80. The van der Waals surface area contributed by atoms with Crippen molar-refractivity contribution >= 4 is 38.9 Å². The van der Waals surface area contributed by atoms with Crippen molar-refractivity contribution in [3.8, 4) is 11.5 Å². The van der Waals surface area contributed by atoms with Crippen molar-refractivity contribution in [1.29, 1.82) is 0 Å². The summed E-state index contributed by atoms with van der Waals surface area (Å²) in [5.41, 5.74) is 15.7. The Labute approximate surface area is 189 Å². The number of esters is 1. The fourth-order valence-corrected chi connectivity index (χ4v) is 5.38. The molecule has 2 aliphatic rings. The Hall–Kier alpha value is -4.51. The van der Waals surface area contributed by atoms with Crippen LogP contribution in [-0.4, -0.2) is 5.97 Å². The highest BCUT2D eigenvalue weighted by Gasteiger charge is 2.54. The molecule has 0 radical (unpaired) electrons. The summed E-state index contributed by atoms with van der Waals surface area (Å²) in [7, 11) is 0. The number of fused-ring (bicyclic) bond motifs is 10. The van der Waals surface area contributed by atoms with Crippen LogP contribution in [0.1, 0.15) is 27.0 Å². The van der Waals surface area contributed by atoms with Gasteiger partial charge in [-0.05, 0) is 41.1 Å². The van der Waals surface area contributed by atoms with E-state index in [0.29, 0.717) is 28.4 Å². The van der Waals surface area contributed by atoms with E-state index in [9.17, 15) is 4.79 Å². The average molecular weight is 430 g/mol. The van der Waals surface area contributed by atoms with Crippen LogP contribution in [-0.2, 0) is 10.3 Å². The lowest BCUT2D eigenvalue weighted by atomic mass is 9.76. The molecule has 158 valence electrons. The minimum absolute atomic E-state index is 0.369. The topological polar surface area (TPSA) is 87.6 Å². The smallest absolute Gasteiger partial charge is 0.340 e. The molecule has 2 aliphatic heterocycles. The van der Waals surface area contributed by atoms with Crippen molar-refractivity contribution in [2.24, 2.45) is 0 Å². The van der Waals surface area contributed by atoms with Gasteiger partial charge in [-0.15, -0.1) is 0 Å². The summed E-state index contributed by atoms with van der Waals surface area (Å²) in [5.74, 6) is 0.795. The summed E-state index contributed by atoms with van der Waals surface area (Å²) in [6, 6.07) is 26.9. The van der Waals surface area contributed by atoms with Gasteiger partial charge in [0.1, 0.15) is 11.5 Å². The summed E-state index contributed by atoms with van der Waals surface area (Å²) < 4.78 is 12.9. The molecule has 0 unspecified atom stereocenters. The van der Waals surface area contributed by atoms with Crippen molar-refractivity contribution < 1.29 is 14.3 Å². The maximum atomic E-state index is 13.1. The van der Waals surface area contributed by atoms with E-state index in [4.69, 9.17) is 20.9 Å². The number of benzene rings is 5. The second kappa shape index (κ2) is 6.04. The van der Waals surface area contributed by atoms with E-state index < -0.39 is 5.60 Å². The summed E-state index contributed by atoms with van der Waals surface area (Å²) in [6.45, 7) is 0. The van der Waals surface area contributed by atoms with Gasteiger partial charge in [-0.25, -0.2) is 4.79 Å². The van der Waals surface area contributed by atoms with Gasteiger partial charge >= 0.3 is 5.97 Å². The van der Waals surface area contributed by atoms with Crippen LogP contribution in [0.4, 0.5) is 11.4 Å². The number of hydrogen-bond acceptors (Lipinski definition) is 5. The van der Waals surface area contributed by atoms with Crippen LogP contribution < -0.4 is 16.2 Å². The zero-order chi connectivity index (χ0) is 22.3. The Morgan fingerprint density at radius 1 is 0.606 bits per heavy atom.